The van der Waals surface area contributed by atoms with Gasteiger partial charge < -0.3 is 24.6 Å². The molecule has 2 aliphatic heterocycles. The number of benzene rings is 1. The van der Waals surface area contributed by atoms with Crippen molar-refractivity contribution in [3.63, 3.8) is 0 Å². The Labute approximate surface area is 163 Å². The van der Waals surface area contributed by atoms with Crippen molar-refractivity contribution < 1.29 is 28.2 Å². The number of carbonyl (C=O) groups is 2. The van der Waals surface area contributed by atoms with Crippen LogP contribution in [0.1, 0.15) is 32.5 Å². The lowest BCUT2D eigenvalue weighted by Gasteiger charge is -2.33. The Bertz CT molecular complexity index is 1070. The fourth-order valence-electron chi connectivity index (χ4n) is 3.51. The Hall–Kier alpha value is -3.27. The van der Waals surface area contributed by atoms with Crippen molar-refractivity contribution in [2.75, 3.05) is 26.3 Å². The summed E-state index contributed by atoms with van der Waals surface area (Å²) in [5, 5.41) is 12.7. The Kier molecular flexibility index (Phi) is 4.79. The molecular formula is C19H17F2N3O5. The molecule has 10 heteroatoms. The first-order chi connectivity index (χ1) is 13.9. The van der Waals surface area contributed by atoms with Crippen molar-refractivity contribution in [1.29, 1.82) is 0 Å². The molecule has 0 radical (unpaired) electrons. The molecule has 3 heterocycles. The molecule has 0 spiro atoms. The Morgan fingerprint density at radius 3 is 2.86 bits per heavy atom. The van der Waals surface area contributed by atoms with Gasteiger partial charge in [-0.05, 0) is 6.07 Å². The predicted octanol–water partition coefficient (Wildman–Crippen LogP) is 0.789. The van der Waals surface area contributed by atoms with E-state index in [4.69, 9.17) is 4.74 Å². The highest BCUT2D eigenvalue weighted by atomic mass is 19.1. The number of nitrogens with zero attached hydrogens (tertiary/aromatic N) is 2. The first kappa shape index (κ1) is 19.1. The van der Waals surface area contributed by atoms with E-state index in [1.165, 1.54) is 21.7 Å². The van der Waals surface area contributed by atoms with Crippen LogP contribution in [0.5, 0.6) is 5.75 Å². The summed E-state index contributed by atoms with van der Waals surface area (Å²) in [6.07, 6.45) is 1.21. The van der Waals surface area contributed by atoms with Crippen molar-refractivity contribution in [3.05, 3.63) is 63.1 Å². The molecule has 2 amide bonds. The molecular weight excluding hydrogens is 388 g/mol. The van der Waals surface area contributed by atoms with Gasteiger partial charge >= 0.3 is 0 Å². The number of halogens is 2. The van der Waals surface area contributed by atoms with Crippen LogP contribution in [0.15, 0.2) is 29.2 Å². The first-order valence-corrected chi connectivity index (χ1v) is 8.94. The highest BCUT2D eigenvalue weighted by Gasteiger charge is 2.36. The summed E-state index contributed by atoms with van der Waals surface area (Å²) in [6.45, 7) is 0.968. The molecule has 1 atom stereocenters. The van der Waals surface area contributed by atoms with Crippen LogP contribution in [-0.2, 0) is 11.3 Å². The Morgan fingerprint density at radius 1 is 1.31 bits per heavy atom. The zero-order valence-corrected chi connectivity index (χ0v) is 15.2. The van der Waals surface area contributed by atoms with E-state index in [9.17, 15) is 28.3 Å². The summed E-state index contributed by atoms with van der Waals surface area (Å²) in [4.78, 5) is 39.1. The van der Waals surface area contributed by atoms with Crippen LogP contribution in [0.25, 0.3) is 0 Å². The minimum Gasteiger partial charge on any atom is -0.503 e. The normalized spacial score (nSPS) is 18.2. The van der Waals surface area contributed by atoms with Gasteiger partial charge in [0.25, 0.3) is 11.8 Å². The molecule has 1 fully saturated rings. The van der Waals surface area contributed by atoms with Crippen molar-refractivity contribution in [3.8, 4) is 5.75 Å². The molecule has 1 saturated heterocycles. The summed E-state index contributed by atoms with van der Waals surface area (Å²) in [7, 11) is 0. The van der Waals surface area contributed by atoms with E-state index in [-0.39, 0.29) is 36.0 Å². The summed E-state index contributed by atoms with van der Waals surface area (Å²) in [5.74, 6) is -3.76. The number of ether oxygens (including phenoxy) is 1. The largest absolute Gasteiger partial charge is 0.503 e. The van der Waals surface area contributed by atoms with Crippen molar-refractivity contribution >= 4 is 11.8 Å². The maximum atomic E-state index is 13.7. The molecule has 2 bridgehead atoms. The van der Waals surface area contributed by atoms with E-state index in [2.05, 4.69) is 5.32 Å². The second-order valence-electron chi connectivity index (χ2n) is 6.87. The second-order valence-corrected chi connectivity index (χ2v) is 6.87. The van der Waals surface area contributed by atoms with E-state index >= 15 is 0 Å². The molecule has 152 valence electrons. The summed E-state index contributed by atoms with van der Waals surface area (Å²) in [5.41, 5.74) is -1.54. The van der Waals surface area contributed by atoms with Gasteiger partial charge in [0.05, 0.1) is 19.3 Å². The Balaban J connectivity index is 1.66. The fourth-order valence-corrected chi connectivity index (χ4v) is 3.51. The highest BCUT2D eigenvalue weighted by Crippen LogP contribution is 2.28. The second kappa shape index (κ2) is 7.28. The zero-order valence-electron chi connectivity index (χ0n) is 15.2. The van der Waals surface area contributed by atoms with Gasteiger partial charge in [-0.25, -0.2) is 8.78 Å². The number of hydrogen-bond acceptors (Lipinski definition) is 5. The van der Waals surface area contributed by atoms with Gasteiger partial charge in [0.1, 0.15) is 17.2 Å². The minimum atomic E-state index is -0.998. The lowest BCUT2D eigenvalue weighted by atomic mass is 10.1. The standard InChI is InChI=1S/C19H17F2N3O5/c20-11-2-1-10(14(21)5-11)6-22-18(27)13-8-24-12-7-23(3-4-29-9-12)19(28)15(24)17(26)16(13)25/h1-2,5,8,12,26H,3-4,6-7,9H2,(H,22,27)/t12-/m0/s1. The molecule has 2 aliphatic rings. The van der Waals surface area contributed by atoms with Crippen molar-refractivity contribution in [2.45, 2.75) is 12.6 Å². The average Bonchev–Trinajstić information content (AvgIpc) is 2.91. The molecule has 0 saturated carbocycles. The number of carbonyl (C=O) groups excluding carboxylic acids is 2. The van der Waals surface area contributed by atoms with Gasteiger partial charge in [0, 0.05) is 37.5 Å². The average molecular weight is 405 g/mol. The van der Waals surface area contributed by atoms with Crippen molar-refractivity contribution in [1.82, 2.24) is 14.8 Å². The topological polar surface area (TPSA) is 101 Å². The highest BCUT2D eigenvalue weighted by molar-refractivity contribution is 5.99. The summed E-state index contributed by atoms with van der Waals surface area (Å²) >= 11 is 0. The van der Waals surface area contributed by atoms with E-state index < -0.39 is 34.6 Å². The van der Waals surface area contributed by atoms with Gasteiger partial charge in [-0.2, -0.15) is 0 Å². The van der Waals surface area contributed by atoms with E-state index in [0.717, 1.165) is 6.07 Å². The monoisotopic (exact) mass is 405 g/mol. The van der Waals surface area contributed by atoms with E-state index in [1.54, 1.807) is 0 Å². The van der Waals surface area contributed by atoms with Crippen LogP contribution < -0.4 is 10.7 Å². The van der Waals surface area contributed by atoms with Crippen LogP contribution in [0.4, 0.5) is 8.78 Å². The molecule has 8 nitrogen and oxygen atoms in total. The summed E-state index contributed by atoms with van der Waals surface area (Å²) in [6, 6.07) is 2.55. The summed E-state index contributed by atoms with van der Waals surface area (Å²) < 4.78 is 33.6. The van der Waals surface area contributed by atoms with E-state index in [0.29, 0.717) is 25.8 Å². The Morgan fingerprint density at radius 2 is 2.10 bits per heavy atom. The lowest BCUT2D eigenvalue weighted by Crippen LogP contribution is -2.45. The third-order valence-corrected chi connectivity index (χ3v) is 5.04. The number of fused-ring (bicyclic) bond motifs is 4. The minimum absolute atomic E-state index is 0.0324. The number of nitrogens with one attached hydrogen (secondary N) is 1. The predicted molar refractivity (Wildman–Crippen MR) is 95.7 cm³/mol. The third kappa shape index (κ3) is 3.35. The van der Waals surface area contributed by atoms with Crippen LogP contribution in [0.2, 0.25) is 0 Å². The van der Waals surface area contributed by atoms with Crippen LogP contribution in [-0.4, -0.2) is 52.7 Å². The maximum Gasteiger partial charge on any atom is 0.274 e. The molecule has 2 N–H and O–H groups in total. The number of amides is 2. The zero-order chi connectivity index (χ0) is 20.7. The number of hydrogen-bond donors (Lipinski definition) is 2. The molecule has 0 unspecified atom stereocenters. The molecule has 29 heavy (non-hydrogen) atoms. The van der Waals surface area contributed by atoms with Crippen molar-refractivity contribution in [2.24, 2.45) is 0 Å². The smallest absolute Gasteiger partial charge is 0.274 e. The molecule has 4 rings (SSSR count). The molecule has 1 aromatic carbocycles. The quantitative estimate of drug-likeness (QED) is 0.787. The first-order valence-electron chi connectivity index (χ1n) is 8.94. The van der Waals surface area contributed by atoms with Gasteiger partial charge in [-0.3, -0.25) is 14.4 Å². The molecule has 2 aromatic rings. The van der Waals surface area contributed by atoms with Gasteiger partial charge in [0.2, 0.25) is 5.43 Å². The number of pyridine rings is 1. The molecule has 1 aromatic heterocycles. The van der Waals surface area contributed by atoms with Crippen LogP contribution in [0.3, 0.4) is 0 Å². The van der Waals surface area contributed by atoms with Gasteiger partial charge in [-0.1, -0.05) is 6.07 Å². The fraction of sp³-hybridized carbons (Fsp3) is 0.316. The van der Waals surface area contributed by atoms with Crippen LogP contribution in [0, 0.1) is 11.6 Å². The molecule has 0 aliphatic carbocycles. The van der Waals surface area contributed by atoms with Gasteiger partial charge in [-0.15, -0.1) is 0 Å². The van der Waals surface area contributed by atoms with E-state index in [1.807, 2.05) is 0 Å². The van der Waals surface area contributed by atoms with Crippen LogP contribution >= 0.6 is 0 Å². The maximum absolute atomic E-state index is 13.7. The number of aromatic hydroxyl groups is 1. The SMILES string of the molecule is O=C(NCc1ccc(F)cc1F)c1cn2c(c(O)c1=O)C(=O)N1CCOC[C@@H]2C1. The number of aromatic nitrogens is 1. The van der Waals surface area contributed by atoms with Gasteiger partial charge in [0.15, 0.2) is 11.4 Å². The number of rotatable bonds is 3. The lowest BCUT2D eigenvalue weighted by molar-refractivity contribution is 0.0685. The third-order valence-electron chi connectivity index (χ3n) is 5.04.